The van der Waals surface area contributed by atoms with Gasteiger partial charge in [0.25, 0.3) is 0 Å². The van der Waals surface area contributed by atoms with Crippen molar-refractivity contribution in [2.24, 2.45) is 5.92 Å². The van der Waals surface area contributed by atoms with Crippen molar-refractivity contribution in [2.45, 2.75) is 25.8 Å². The first-order valence-corrected chi connectivity index (χ1v) is 7.41. The molecule has 116 valence electrons. The summed E-state index contributed by atoms with van der Waals surface area (Å²) in [4.78, 5) is 12.0. The van der Waals surface area contributed by atoms with Gasteiger partial charge >= 0.3 is 0 Å². The van der Waals surface area contributed by atoms with Crippen molar-refractivity contribution in [3.05, 3.63) is 23.8 Å². The van der Waals surface area contributed by atoms with Gasteiger partial charge in [0.1, 0.15) is 0 Å². The number of nitrogens with one attached hydrogen (secondary N) is 2. The molecule has 1 heterocycles. The van der Waals surface area contributed by atoms with E-state index >= 15 is 0 Å². The van der Waals surface area contributed by atoms with Crippen molar-refractivity contribution in [3.63, 3.8) is 0 Å². The normalized spacial score (nSPS) is 15.5. The van der Waals surface area contributed by atoms with Crippen LogP contribution in [0.4, 0.5) is 0 Å². The van der Waals surface area contributed by atoms with Crippen LogP contribution in [0.3, 0.4) is 0 Å². The molecule has 0 atom stereocenters. The number of rotatable bonds is 6. The third-order valence-electron chi connectivity index (χ3n) is 3.87. The Morgan fingerprint density at radius 3 is 2.62 bits per heavy atom. The molecular weight excluding hydrogens is 268 g/mol. The van der Waals surface area contributed by atoms with Crippen LogP contribution < -0.4 is 20.1 Å². The molecule has 1 aliphatic rings. The molecule has 5 nitrogen and oxygen atoms in total. The number of methoxy groups -OCH3 is 2. The Morgan fingerprint density at radius 2 is 1.95 bits per heavy atom. The van der Waals surface area contributed by atoms with Gasteiger partial charge in [-0.2, -0.15) is 0 Å². The summed E-state index contributed by atoms with van der Waals surface area (Å²) in [5, 5.41) is 6.29. The first kappa shape index (κ1) is 15.6. The van der Waals surface area contributed by atoms with E-state index in [1.807, 2.05) is 18.2 Å². The Bertz CT molecular complexity index is 471. The van der Waals surface area contributed by atoms with E-state index in [9.17, 15) is 4.79 Å². The van der Waals surface area contributed by atoms with E-state index in [1.165, 1.54) is 0 Å². The number of piperidine rings is 1. The average molecular weight is 292 g/mol. The molecule has 1 saturated heterocycles. The van der Waals surface area contributed by atoms with Gasteiger partial charge in [-0.1, -0.05) is 6.07 Å². The topological polar surface area (TPSA) is 59.6 Å². The summed E-state index contributed by atoms with van der Waals surface area (Å²) in [5.74, 6) is 2.01. The van der Waals surface area contributed by atoms with E-state index in [0.29, 0.717) is 30.4 Å². The number of carbonyl (C=O) groups excluding carboxylic acids is 1. The Balaban J connectivity index is 1.83. The molecule has 1 aromatic carbocycles. The molecule has 0 aliphatic carbocycles. The van der Waals surface area contributed by atoms with Gasteiger partial charge in [-0.25, -0.2) is 0 Å². The Labute approximate surface area is 126 Å². The lowest BCUT2D eigenvalue weighted by molar-refractivity contribution is -0.122. The molecule has 5 heteroatoms. The molecule has 0 saturated carbocycles. The lowest BCUT2D eigenvalue weighted by atomic mass is 9.94. The minimum Gasteiger partial charge on any atom is -0.493 e. The largest absolute Gasteiger partial charge is 0.493 e. The summed E-state index contributed by atoms with van der Waals surface area (Å²) in [7, 11) is 3.22. The smallest absolute Gasteiger partial charge is 0.220 e. The van der Waals surface area contributed by atoms with Crippen LogP contribution in [0.2, 0.25) is 0 Å². The molecule has 0 aromatic heterocycles. The number of hydrogen-bond acceptors (Lipinski definition) is 4. The molecule has 2 rings (SSSR count). The van der Waals surface area contributed by atoms with Crippen LogP contribution in [-0.4, -0.2) is 33.2 Å². The highest BCUT2D eigenvalue weighted by molar-refractivity contribution is 5.76. The zero-order chi connectivity index (χ0) is 15.1. The second-order valence-electron chi connectivity index (χ2n) is 5.36. The highest BCUT2D eigenvalue weighted by atomic mass is 16.5. The van der Waals surface area contributed by atoms with Crippen LogP contribution in [0.1, 0.15) is 24.8 Å². The van der Waals surface area contributed by atoms with E-state index in [-0.39, 0.29) is 5.91 Å². The monoisotopic (exact) mass is 292 g/mol. The van der Waals surface area contributed by atoms with Gasteiger partial charge < -0.3 is 20.1 Å². The molecule has 1 amide bonds. The van der Waals surface area contributed by atoms with E-state index in [2.05, 4.69) is 10.6 Å². The van der Waals surface area contributed by atoms with E-state index < -0.39 is 0 Å². The molecule has 21 heavy (non-hydrogen) atoms. The van der Waals surface area contributed by atoms with Crippen molar-refractivity contribution in [1.82, 2.24) is 10.6 Å². The molecule has 2 N–H and O–H groups in total. The number of amides is 1. The van der Waals surface area contributed by atoms with Crippen LogP contribution >= 0.6 is 0 Å². The second kappa shape index (κ2) is 7.88. The van der Waals surface area contributed by atoms with Crippen LogP contribution in [0.15, 0.2) is 18.2 Å². The van der Waals surface area contributed by atoms with Gasteiger partial charge in [-0.15, -0.1) is 0 Å². The first-order valence-electron chi connectivity index (χ1n) is 7.41. The first-order chi connectivity index (χ1) is 10.2. The summed E-state index contributed by atoms with van der Waals surface area (Å²) in [5.41, 5.74) is 1.01. The molecular formula is C16H24N2O3. The Kier molecular flexibility index (Phi) is 5.87. The quantitative estimate of drug-likeness (QED) is 0.838. The summed E-state index contributed by atoms with van der Waals surface area (Å²) >= 11 is 0. The molecule has 1 fully saturated rings. The summed E-state index contributed by atoms with van der Waals surface area (Å²) < 4.78 is 10.5. The number of ether oxygens (including phenoxy) is 2. The maximum Gasteiger partial charge on any atom is 0.220 e. The minimum atomic E-state index is 0.122. The van der Waals surface area contributed by atoms with Gasteiger partial charge in [-0.3, -0.25) is 4.79 Å². The predicted molar refractivity (Wildman–Crippen MR) is 81.6 cm³/mol. The zero-order valence-electron chi connectivity index (χ0n) is 12.8. The Morgan fingerprint density at radius 1 is 1.24 bits per heavy atom. The van der Waals surface area contributed by atoms with Crippen molar-refractivity contribution >= 4 is 5.91 Å². The summed E-state index contributed by atoms with van der Waals surface area (Å²) in [6.07, 6.45) is 2.79. The number of benzene rings is 1. The fourth-order valence-corrected chi connectivity index (χ4v) is 2.61. The third kappa shape index (κ3) is 4.63. The fourth-order valence-electron chi connectivity index (χ4n) is 2.61. The maximum absolute atomic E-state index is 12.0. The molecule has 1 aromatic rings. The lowest BCUT2D eigenvalue weighted by Crippen LogP contribution is -2.32. The van der Waals surface area contributed by atoms with Crippen LogP contribution in [0, 0.1) is 5.92 Å². The lowest BCUT2D eigenvalue weighted by Gasteiger charge is -2.21. The minimum absolute atomic E-state index is 0.122. The van der Waals surface area contributed by atoms with Gasteiger partial charge in [0.2, 0.25) is 5.91 Å². The van der Waals surface area contributed by atoms with Crippen molar-refractivity contribution < 1.29 is 14.3 Å². The molecule has 0 bridgehead atoms. The molecule has 0 spiro atoms. The maximum atomic E-state index is 12.0. The van der Waals surface area contributed by atoms with E-state index in [0.717, 1.165) is 31.5 Å². The van der Waals surface area contributed by atoms with Gasteiger partial charge in [-0.05, 0) is 49.5 Å². The van der Waals surface area contributed by atoms with Crippen molar-refractivity contribution in [1.29, 1.82) is 0 Å². The fraction of sp³-hybridized carbons (Fsp3) is 0.562. The second-order valence-corrected chi connectivity index (χ2v) is 5.36. The van der Waals surface area contributed by atoms with Crippen LogP contribution in [0.5, 0.6) is 11.5 Å². The zero-order valence-corrected chi connectivity index (χ0v) is 12.8. The summed E-state index contributed by atoms with van der Waals surface area (Å²) in [6, 6.07) is 5.68. The van der Waals surface area contributed by atoms with Crippen molar-refractivity contribution in [2.75, 3.05) is 27.3 Å². The van der Waals surface area contributed by atoms with E-state index in [1.54, 1.807) is 14.2 Å². The van der Waals surface area contributed by atoms with Gasteiger partial charge in [0.15, 0.2) is 11.5 Å². The summed E-state index contributed by atoms with van der Waals surface area (Å²) in [6.45, 7) is 2.56. The molecule has 0 radical (unpaired) electrons. The van der Waals surface area contributed by atoms with Crippen molar-refractivity contribution in [3.8, 4) is 11.5 Å². The average Bonchev–Trinajstić information content (AvgIpc) is 2.53. The number of carbonyl (C=O) groups is 1. The van der Waals surface area contributed by atoms with E-state index in [4.69, 9.17) is 9.47 Å². The predicted octanol–water partition coefficient (Wildman–Crippen LogP) is 1.71. The highest BCUT2D eigenvalue weighted by Crippen LogP contribution is 2.27. The molecule has 1 aliphatic heterocycles. The van der Waals surface area contributed by atoms with Crippen LogP contribution in [-0.2, 0) is 11.3 Å². The Hall–Kier alpha value is -1.75. The third-order valence-corrected chi connectivity index (χ3v) is 3.87. The molecule has 0 unspecified atom stereocenters. The van der Waals surface area contributed by atoms with Gasteiger partial charge in [0.05, 0.1) is 14.2 Å². The van der Waals surface area contributed by atoms with Crippen LogP contribution in [0.25, 0.3) is 0 Å². The number of hydrogen-bond donors (Lipinski definition) is 2. The standard InChI is InChI=1S/C16H24N2O3/c1-20-14-4-3-13(9-15(14)21-2)11-18-16(19)10-12-5-7-17-8-6-12/h3-4,9,12,17H,5-8,10-11H2,1-2H3,(H,18,19). The van der Waals surface area contributed by atoms with Gasteiger partial charge in [0, 0.05) is 13.0 Å². The highest BCUT2D eigenvalue weighted by Gasteiger charge is 2.16. The SMILES string of the molecule is COc1ccc(CNC(=O)CC2CCNCC2)cc1OC.